The van der Waals surface area contributed by atoms with Crippen molar-refractivity contribution >= 4 is 28.5 Å². The summed E-state index contributed by atoms with van der Waals surface area (Å²) in [6.45, 7) is 1.91. The maximum absolute atomic E-state index is 14.9. The van der Waals surface area contributed by atoms with E-state index in [1.807, 2.05) is 13.0 Å². The lowest BCUT2D eigenvalue weighted by atomic mass is 9.69. The molecule has 1 aliphatic heterocycles. The van der Waals surface area contributed by atoms with Gasteiger partial charge in [0.2, 0.25) is 0 Å². The smallest absolute Gasteiger partial charge is 0.274 e. The van der Waals surface area contributed by atoms with E-state index in [0.29, 0.717) is 22.1 Å². The SMILES string of the molecule is Cc1ccc(C(=O)Nc2ccc(F)c([C@]34CCCCC3CSC(N)=N4)c2)nc1. The second-order valence-corrected chi connectivity index (χ2v) is 8.54. The van der Waals surface area contributed by atoms with Gasteiger partial charge in [-0.25, -0.2) is 4.39 Å². The highest BCUT2D eigenvalue weighted by molar-refractivity contribution is 8.13. The number of nitrogens with one attached hydrogen (secondary N) is 1. The maximum Gasteiger partial charge on any atom is 0.274 e. The molecule has 0 spiro atoms. The van der Waals surface area contributed by atoms with Crippen LogP contribution in [0.4, 0.5) is 10.1 Å². The van der Waals surface area contributed by atoms with Crippen molar-refractivity contribution in [1.82, 2.24) is 4.98 Å². The number of benzene rings is 1. The highest BCUT2D eigenvalue weighted by Gasteiger charge is 2.46. The number of thioether (sulfide) groups is 1. The quantitative estimate of drug-likeness (QED) is 0.811. The molecule has 0 saturated heterocycles. The van der Waals surface area contributed by atoms with E-state index >= 15 is 0 Å². The molecule has 5 nitrogen and oxygen atoms in total. The first-order valence-electron chi connectivity index (χ1n) is 9.50. The summed E-state index contributed by atoms with van der Waals surface area (Å²) in [7, 11) is 0. The van der Waals surface area contributed by atoms with Crippen LogP contribution >= 0.6 is 11.8 Å². The molecule has 1 aliphatic carbocycles. The molecular formula is C21H23FN4OS. The van der Waals surface area contributed by atoms with Crippen molar-refractivity contribution in [2.45, 2.75) is 38.1 Å². The van der Waals surface area contributed by atoms with Crippen LogP contribution in [-0.4, -0.2) is 21.8 Å². The van der Waals surface area contributed by atoms with Crippen molar-refractivity contribution in [2.75, 3.05) is 11.1 Å². The van der Waals surface area contributed by atoms with Crippen LogP contribution in [0.15, 0.2) is 41.5 Å². The lowest BCUT2D eigenvalue weighted by Gasteiger charge is -2.44. The number of aryl methyl sites for hydroxylation is 1. The molecule has 0 bridgehead atoms. The monoisotopic (exact) mass is 398 g/mol. The summed E-state index contributed by atoms with van der Waals surface area (Å²) >= 11 is 1.54. The molecule has 1 aromatic heterocycles. The average Bonchev–Trinajstić information content (AvgIpc) is 2.69. The van der Waals surface area contributed by atoms with E-state index in [4.69, 9.17) is 10.7 Å². The highest BCUT2D eigenvalue weighted by Crippen LogP contribution is 2.50. The Morgan fingerprint density at radius 1 is 1.32 bits per heavy atom. The third-order valence-electron chi connectivity index (χ3n) is 5.61. The van der Waals surface area contributed by atoms with Crippen molar-refractivity contribution in [3.05, 3.63) is 59.2 Å². The van der Waals surface area contributed by atoms with Gasteiger partial charge in [0, 0.05) is 23.2 Å². The molecule has 2 heterocycles. The van der Waals surface area contributed by atoms with E-state index in [1.165, 1.54) is 6.07 Å². The summed E-state index contributed by atoms with van der Waals surface area (Å²) < 4.78 is 14.9. The number of aromatic nitrogens is 1. The minimum Gasteiger partial charge on any atom is -0.379 e. The number of pyridine rings is 1. The molecule has 146 valence electrons. The van der Waals surface area contributed by atoms with Gasteiger partial charge in [-0.2, -0.15) is 0 Å². The van der Waals surface area contributed by atoms with E-state index in [1.54, 1.807) is 36.2 Å². The molecule has 2 aliphatic rings. The Kier molecular flexibility index (Phi) is 5.10. The van der Waals surface area contributed by atoms with E-state index in [0.717, 1.165) is 37.0 Å². The molecule has 1 aromatic carbocycles. The molecule has 4 rings (SSSR count). The summed E-state index contributed by atoms with van der Waals surface area (Å²) in [4.78, 5) is 21.4. The van der Waals surface area contributed by atoms with Gasteiger partial charge in [-0.05, 0) is 55.5 Å². The Bertz CT molecular complexity index is 931. The Morgan fingerprint density at radius 3 is 2.96 bits per heavy atom. The number of fused-ring (bicyclic) bond motifs is 1. The zero-order chi connectivity index (χ0) is 19.7. The van der Waals surface area contributed by atoms with Gasteiger partial charge in [0.1, 0.15) is 11.5 Å². The van der Waals surface area contributed by atoms with Gasteiger partial charge in [-0.3, -0.25) is 14.8 Å². The fourth-order valence-corrected chi connectivity index (χ4v) is 5.20. The lowest BCUT2D eigenvalue weighted by molar-refractivity contribution is 0.102. The average molecular weight is 399 g/mol. The number of hydrogen-bond donors (Lipinski definition) is 2. The van der Waals surface area contributed by atoms with Crippen molar-refractivity contribution in [3.8, 4) is 0 Å². The number of hydrogen-bond acceptors (Lipinski definition) is 5. The molecule has 7 heteroatoms. The zero-order valence-corrected chi connectivity index (χ0v) is 16.6. The number of aliphatic imine (C=N–C) groups is 1. The van der Waals surface area contributed by atoms with Crippen molar-refractivity contribution in [2.24, 2.45) is 16.6 Å². The third-order valence-corrected chi connectivity index (χ3v) is 6.57. The topological polar surface area (TPSA) is 80.4 Å². The minimum atomic E-state index is -0.638. The standard InChI is InChI=1S/C21H23FN4OS/c1-13-5-8-18(24-11-13)19(27)25-15-6-7-17(22)16(10-15)21-9-3-2-4-14(21)12-28-20(23)26-21/h5-8,10-11,14H,2-4,9,12H2,1H3,(H2,23,26)(H,25,27)/t14?,21-/m0/s1. The molecule has 2 atom stereocenters. The molecule has 3 N–H and O–H groups in total. The number of anilines is 1. The van der Waals surface area contributed by atoms with Crippen LogP contribution < -0.4 is 11.1 Å². The molecule has 1 saturated carbocycles. The van der Waals surface area contributed by atoms with Crippen LogP contribution in [0, 0.1) is 18.7 Å². The molecule has 1 amide bonds. The second kappa shape index (κ2) is 7.54. The normalized spacial score (nSPS) is 24.2. The number of carbonyl (C=O) groups is 1. The van der Waals surface area contributed by atoms with Crippen LogP contribution in [0.2, 0.25) is 0 Å². The predicted molar refractivity (Wildman–Crippen MR) is 111 cm³/mol. The number of amidine groups is 1. The number of halogens is 1. The van der Waals surface area contributed by atoms with Crippen LogP contribution in [0.25, 0.3) is 0 Å². The third kappa shape index (κ3) is 3.51. The Labute approximate surface area is 168 Å². The van der Waals surface area contributed by atoms with Gasteiger partial charge < -0.3 is 11.1 Å². The van der Waals surface area contributed by atoms with Gasteiger partial charge in [-0.1, -0.05) is 30.7 Å². The van der Waals surface area contributed by atoms with E-state index in [9.17, 15) is 9.18 Å². The Balaban J connectivity index is 1.68. The minimum absolute atomic E-state index is 0.248. The maximum atomic E-state index is 14.9. The molecule has 1 fully saturated rings. The molecule has 2 aromatic rings. The predicted octanol–water partition coefficient (Wildman–Crippen LogP) is 4.23. The van der Waals surface area contributed by atoms with E-state index in [-0.39, 0.29) is 17.6 Å². The van der Waals surface area contributed by atoms with Crippen LogP contribution in [0.5, 0.6) is 0 Å². The van der Waals surface area contributed by atoms with Gasteiger partial charge in [-0.15, -0.1) is 0 Å². The first-order valence-corrected chi connectivity index (χ1v) is 10.5. The zero-order valence-electron chi connectivity index (χ0n) is 15.7. The second-order valence-electron chi connectivity index (χ2n) is 7.50. The van der Waals surface area contributed by atoms with Gasteiger partial charge in [0.05, 0.1) is 5.54 Å². The van der Waals surface area contributed by atoms with Crippen LogP contribution in [0.3, 0.4) is 0 Å². The van der Waals surface area contributed by atoms with Gasteiger partial charge in [0.25, 0.3) is 5.91 Å². The van der Waals surface area contributed by atoms with Gasteiger partial charge >= 0.3 is 0 Å². The Morgan fingerprint density at radius 2 is 2.18 bits per heavy atom. The molecule has 0 radical (unpaired) electrons. The summed E-state index contributed by atoms with van der Waals surface area (Å²) in [6, 6.07) is 8.20. The first-order chi connectivity index (χ1) is 13.5. The number of nitrogens with two attached hydrogens (primary N) is 1. The van der Waals surface area contributed by atoms with Crippen LogP contribution in [0.1, 0.15) is 47.3 Å². The summed E-state index contributed by atoms with van der Waals surface area (Å²) in [5.74, 6) is 0.468. The fraction of sp³-hybridized carbons (Fsp3) is 0.381. The van der Waals surface area contributed by atoms with Crippen molar-refractivity contribution in [1.29, 1.82) is 0 Å². The first kappa shape index (κ1) is 18.9. The molecule has 28 heavy (non-hydrogen) atoms. The summed E-state index contributed by atoms with van der Waals surface area (Å²) in [6.07, 6.45) is 5.54. The number of rotatable bonds is 3. The largest absolute Gasteiger partial charge is 0.379 e. The number of carbonyl (C=O) groups excluding carboxylic acids is 1. The van der Waals surface area contributed by atoms with Crippen molar-refractivity contribution in [3.63, 3.8) is 0 Å². The highest BCUT2D eigenvalue weighted by atomic mass is 32.2. The number of nitrogens with zero attached hydrogens (tertiary/aromatic N) is 2. The number of amides is 1. The van der Waals surface area contributed by atoms with Crippen molar-refractivity contribution < 1.29 is 9.18 Å². The Hall–Kier alpha value is -2.41. The fourth-order valence-electron chi connectivity index (χ4n) is 4.16. The molecular weight excluding hydrogens is 375 g/mol. The van der Waals surface area contributed by atoms with E-state index < -0.39 is 5.54 Å². The molecule has 1 unspecified atom stereocenters. The van der Waals surface area contributed by atoms with Gasteiger partial charge in [0.15, 0.2) is 5.17 Å². The van der Waals surface area contributed by atoms with Crippen LogP contribution in [-0.2, 0) is 5.54 Å². The lowest BCUT2D eigenvalue weighted by Crippen LogP contribution is -2.43. The summed E-state index contributed by atoms with van der Waals surface area (Å²) in [5, 5.41) is 3.34. The van der Waals surface area contributed by atoms with E-state index in [2.05, 4.69) is 10.3 Å². The summed E-state index contributed by atoms with van der Waals surface area (Å²) in [5.41, 5.74) is 7.76.